The van der Waals surface area contributed by atoms with Crippen LogP contribution in [-0.4, -0.2) is 93.6 Å². The predicted octanol–water partition coefficient (Wildman–Crippen LogP) is 0.671. The molecule has 9 nitrogen and oxygen atoms in total. The van der Waals surface area contributed by atoms with Crippen molar-refractivity contribution in [2.45, 2.75) is 64.0 Å². The van der Waals surface area contributed by atoms with Gasteiger partial charge in [-0.2, -0.15) is 0 Å². The molecule has 0 unspecified atom stereocenters. The molecule has 1 aliphatic rings. The molecule has 1 rings (SSSR count). The molecular formula is C18H34O9. The standard InChI is InChI=1S/C18H34O9/c1-11(2)8-24-10-13-15(22-4)16(23-5)17(26-9-12(3)19)18(27-13)25-7-6-14(20)21/h11-13,15-19H,6-10H2,1-5H3,(H,20,21)/t12-,13-,15-,16+,17+,18-/m1/s1. The molecule has 1 heterocycles. The summed E-state index contributed by atoms with van der Waals surface area (Å²) in [7, 11) is 3.08. The van der Waals surface area contributed by atoms with E-state index in [1.54, 1.807) is 14.0 Å². The Morgan fingerprint density at radius 3 is 2.22 bits per heavy atom. The first-order chi connectivity index (χ1) is 12.8. The van der Waals surface area contributed by atoms with E-state index in [9.17, 15) is 9.90 Å². The van der Waals surface area contributed by atoms with Crippen LogP contribution in [0.15, 0.2) is 0 Å². The van der Waals surface area contributed by atoms with Gasteiger partial charge in [0.2, 0.25) is 0 Å². The summed E-state index contributed by atoms with van der Waals surface area (Å²) in [5, 5.41) is 18.4. The molecule has 0 aromatic carbocycles. The number of ether oxygens (including phenoxy) is 6. The van der Waals surface area contributed by atoms with Crippen molar-refractivity contribution in [3.63, 3.8) is 0 Å². The van der Waals surface area contributed by atoms with Gasteiger partial charge in [0, 0.05) is 20.8 Å². The lowest BCUT2D eigenvalue weighted by Crippen LogP contribution is -2.61. The summed E-state index contributed by atoms with van der Waals surface area (Å²) in [6.45, 7) is 6.55. The zero-order valence-corrected chi connectivity index (χ0v) is 16.8. The van der Waals surface area contributed by atoms with E-state index < -0.39 is 42.8 Å². The second-order valence-electron chi connectivity index (χ2n) is 7.04. The number of aliphatic hydroxyl groups is 1. The van der Waals surface area contributed by atoms with Crippen molar-refractivity contribution < 1.29 is 43.4 Å². The second-order valence-corrected chi connectivity index (χ2v) is 7.04. The molecule has 1 fully saturated rings. The summed E-state index contributed by atoms with van der Waals surface area (Å²) in [5.41, 5.74) is 0. The van der Waals surface area contributed by atoms with E-state index >= 15 is 0 Å². The number of carboxylic acids is 1. The molecule has 9 heteroatoms. The highest BCUT2D eigenvalue weighted by molar-refractivity contribution is 5.66. The third kappa shape index (κ3) is 8.39. The Bertz CT molecular complexity index is 416. The van der Waals surface area contributed by atoms with E-state index in [0.717, 1.165) is 0 Å². The third-order valence-corrected chi connectivity index (χ3v) is 4.00. The summed E-state index contributed by atoms with van der Waals surface area (Å²) in [6.07, 6.45) is -3.89. The van der Waals surface area contributed by atoms with Crippen LogP contribution in [0.1, 0.15) is 27.2 Å². The van der Waals surface area contributed by atoms with E-state index in [2.05, 4.69) is 0 Å². The number of rotatable bonds is 13. The summed E-state index contributed by atoms with van der Waals surface area (Å²) in [6, 6.07) is 0. The molecule has 1 saturated heterocycles. The topological polar surface area (TPSA) is 113 Å². The zero-order chi connectivity index (χ0) is 20.4. The van der Waals surface area contributed by atoms with Crippen LogP contribution in [0, 0.1) is 5.92 Å². The van der Waals surface area contributed by atoms with Crippen LogP contribution in [0.4, 0.5) is 0 Å². The molecule has 2 N–H and O–H groups in total. The van der Waals surface area contributed by atoms with Gasteiger partial charge in [-0.15, -0.1) is 0 Å². The fourth-order valence-electron chi connectivity index (χ4n) is 2.81. The number of hydrogen-bond donors (Lipinski definition) is 2. The molecule has 160 valence electrons. The molecule has 0 spiro atoms. The minimum atomic E-state index is -0.970. The van der Waals surface area contributed by atoms with E-state index in [-0.39, 0.29) is 26.2 Å². The summed E-state index contributed by atoms with van der Waals surface area (Å²) in [4.78, 5) is 10.8. The maximum absolute atomic E-state index is 10.8. The van der Waals surface area contributed by atoms with Crippen molar-refractivity contribution in [1.29, 1.82) is 0 Å². The summed E-state index contributed by atoms with van der Waals surface area (Å²) in [5.74, 6) is -0.598. The Kier molecular flexibility index (Phi) is 11.3. The van der Waals surface area contributed by atoms with Gasteiger partial charge >= 0.3 is 5.97 Å². The molecule has 0 aromatic rings. The fourth-order valence-corrected chi connectivity index (χ4v) is 2.81. The zero-order valence-electron chi connectivity index (χ0n) is 16.8. The van der Waals surface area contributed by atoms with Gasteiger partial charge in [0.1, 0.15) is 24.4 Å². The maximum Gasteiger partial charge on any atom is 0.305 e. The van der Waals surface area contributed by atoms with Crippen LogP contribution in [0.25, 0.3) is 0 Å². The highest BCUT2D eigenvalue weighted by atomic mass is 16.7. The molecule has 0 aromatic heterocycles. The lowest BCUT2D eigenvalue weighted by atomic mass is 9.98. The van der Waals surface area contributed by atoms with Crippen LogP contribution >= 0.6 is 0 Å². The van der Waals surface area contributed by atoms with Gasteiger partial charge in [-0.3, -0.25) is 4.79 Å². The molecule has 0 amide bonds. The Hall–Kier alpha value is -0.810. The quantitative estimate of drug-likeness (QED) is 0.465. The smallest absolute Gasteiger partial charge is 0.305 e. The average Bonchev–Trinajstić information content (AvgIpc) is 2.59. The van der Waals surface area contributed by atoms with Crippen LogP contribution in [0.3, 0.4) is 0 Å². The maximum atomic E-state index is 10.8. The van der Waals surface area contributed by atoms with Gasteiger partial charge < -0.3 is 38.6 Å². The van der Waals surface area contributed by atoms with Gasteiger partial charge in [0.05, 0.1) is 32.3 Å². The SMILES string of the molecule is CO[C@@H]1[C@H](OC[C@@H](C)O)[C@H](OCCC(=O)O)O[C@H](COCC(C)C)[C@H]1OC. The van der Waals surface area contributed by atoms with E-state index in [1.165, 1.54) is 7.11 Å². The predicted molar refractivity (Wildman–Crippen MR) is 95.5 cm³/mol. The summed E-state index contributed by atoms with van der Waals surface area (Å²) >= 11 is 0. The molecule has 0 aliphatic carbocycles. The first kappa shape index (κ1) is 24.2. The molecular weight excluding hydrogens is 360 g/mol. The minimum absolute atomic E-state index is 0.0395. The molecule has 0 bridgehead atoms. The second kappa shape index (κ2) is 12.6. The Morgan fingerprint density at radius 1 is 1.04 bits per heavy atom. The number of hydrogen-bond acceptors (Lipinski definition) is 8. The van der Waals surface area contributed by atoms with Crippen molar-refractivity contribution in [1.82, 2.24) is 0 Å². The number of carbonyl (C=O) groups is 1. The molecule has 0 saturated carbocycles. The van der Waals surface area contributed by atoms with Crippen molar-refractivity contribution in [3.05, 3.63) is 0 Å². The Balaban J connectivity index is 2.87. The molecule has 0 radical (unpaired) electrons. The van der Waals surface area contributed by atoms with Gasteiger partial charge in [0.15, 0.2) is 6.29 Å². The van der Waals surface area contributed by atoms with Crippen LogP contribution < -0.4 is 0 Å². The summed E-state index contributed by atoms with van der Waals surface area (Å²) < 4.78 is 34.2. The number of aliphatic carboxylic acids is 1. The van der Waals surface area contributed by atoms with Crippen molar-refractivity contribution >= 4 is 5.97 Å². The normalized spacial score (nSPS) is 29.8. The van der Waals surface area contributed by atoms with Crippen LogP contribution in [0.2, 0.25) is 0 Å². The Morgan fingerprint density at radius 2 is 1.70 bits per heavy atom. The van der Waals surface area contributed by atoms with Gasteiger partial charge in [0.25, 0.3) is 0 Å². The number of aliphatic hydroxyl groups excluding tert-OH is 1. The lowest BCUT2D eigenvalue weighted by Gasteiger charge is -2.45. The lowest BCUT2D eigenvalue weighted by molar-refractivity contribution is -0.319. The number of methoxy groups -OCH3 is 2. The van der Waals surface area contributed by atoms with Gasteiger partial charge in [-0.05, 0) is 12.8 Å². The largest absolute Gasteiger partial charge is 0.481 e. The average molecular weight is 394 g/mol. The molecule has 27 heavy (non-hydrogen) atoms. The molecule has 6 atom stereocenters. The molecule has 1 aliphatic heterocycles. The minimum Gasteiger partial charge on any atom is -0.481 e. The van der Waals surface area contributed by atoms with E-state index in [4.69, 9.17) is 33.5 Å². The first-order valence-electron chi connectivity index (χ1n) is 9.22. The van der Waals surface area contributed by atoms with Gasteiger partial charge in [-0.25, -0.2) is 0 Å². The Labute approximate surface area is 160 Å². The third-order valence-electron chi connectivity index (χ3n) is 4.00. The van der Waals surface area contributed by atoms with Crippen molar-refractivity contribution in [2.24, 2.45) is 5.92 Å². The van der Waals surface area contributed by atoms with E-state index in [0.29, 0.717) is 12.5 Å². The van der Waals surface area contributed by atoms with Crippen molar-refractivity contribution in [3.8, 4) is 0 Å². The van der Waals surface area contributed by atoms with E-state index in [1.807, 2.05) is 13.8 Å². The highest BCUT2D eigenvalue weighted by Crippen LogP contribution is 2.29. The van der Waals surface area contributed by atoms with Gasteiger partial charge in [-0.1, -0.05) is 13.8 Å². The van der Waals surface area contributed by atoms with Crippen LogP contribution in [0.5, 0.6) is 0 Å². The first-order valence-corrected chi connectivity index (χ1v) is 9.22. The number of carboxylic acid groups (broad SMARTS) is 1. The van der Waals surface area contributed by atoms with Crippen LogP contribution in [-0.2, 0) is 33.2 Å². The monoisotopic (exact) mass is 394 g/mol. The van der Waals surface area contributed by atoms with Crippen molar-refractivity contribution in [2.75, 3.05) is 40.6 Å². The highest BCUT2D eigenvalue weighted by Gasteiger charge is 2.48. The fraction of sp³-hybridized carbons (Fsp3) is 0.944.